The second-order valence-corrected chi connectivity index (χ2v) is 6.92. The first-order valence-electron chi connectivity index (χ1n) is 7.22. The molecule has 0 saturated heterocycles. The predicted octanol–water partition coefficient (Wildman–Crippen LogP) is 3.84. The van der Waals surface area contributed by atoms with E-state index < -0.39 is 22.9 Å². The normalized spacial score (nSPS) is 13.4. The van der Waals surface area contributed by atoms with Crippen LogP contribution in [0.15, 0.2) is 42.7 Å². The Morgan fingerprint density at radius 1 is 1.17 bits per heavy atom. The molecule has 0 amide bonds. The van der Waals surface area contributed by atoms with Crippen LogP contribution in [-0.2, 0) is 23.2 Å². The number of alkyl halides is 3. The van der Waals surface area contributed by atoms with Crippen LogP contribution < -0.4 is 0 Å². The maximum atomic E-state index is 12.9. The van der Waals surface area contributed by atoms with Gasteiger partial charge in [0.15, 0.2) is 5.88 Å². The van der Waals surface area contributed by atoms with Crippen LogP contribution in [0.2, 0.25) is 0 Å². The molecule has 0 fully saturated rings. The average molecular weight is 353 g/mol. The van der Waals surface area contributed by atoms with Crippen molar-refractivity contribution in [3.8, 4) is 11.1 Å². The third kappa shape index (κ3) is 3.39. The number of aromatic nitrogens is 3. The summed E-state index contributed by atoms with van der Waals surface area (Å²) in [6.45, 7) is 1.81. The quantitative estimate of drug-likeness (QED) is 0.670. The molecule has 0 aliphatic rings. The van der Waals surface area contributed by atoms with Crippen molar-refractivity contribution in [2.45, 2.75) is 19.0 Å². The molecule has 3 rings (SSSR count). The van der Waals surface area contributed by atoms with Crippen LogP contribution in [0.3, 0.4) is 0 Å². The molecule has 0 aliphatic heterocycles. The lowest BCUT2D eigenvalue weighted by molar-refractivity contribution is -0.137. The lowest BCUT2D eigenvalue weighted by Gasteiger charge is -2.10. The smallest absolute Gasteiger partial charge is 0.416 e. The molecule has 1 atom stereocenters. The molecule has 4 nitrogen and oxygen atoms in total. The van der Waals surface area contributed by atoms with Gasteiger partial charge in [-0.15, -0.1) is 0 Å². The zero-order valence-corrected chi connectivity index (χ0v) is 13.6. The zero-order chi connectivity index (χ0) is 17.3. The van der Waals surface area contributed by atoms with Gasteiger partial charge in [0.05, 0.1) is 17.3 Å². The molecule has 2 aromatic heterocycles. The Bertz CT molecular complexity index is 863. The lowest BCUT2D eigenvalue weighted by Crippen LogP contribution is -2.13. The molecule has 0 aliphatic carbocycles. The van der Waals surface area contributed by atoms with E-state index in [4.69, 9.17) is 0 Å². The van der Waals surface area contributed by atoms with Crippen molar-refractivity contribution in [2.24, 2.45) is 0 Å². The highest BCUT2D eigenvalue weighted by Crippen LogP contribution is 2.32. The molecule has 0 saturated carbocycles. The van der Waals surface area contributed by atoms with E-state index in [2.05, 4.69) is 10.1 Å². The first kappa shape index (κ1) is 16.8. The van der Waals surface area contributed by atoms with Gasteiger partial charge in [0.2, 0.25) is 0 Å². The van der Waals surface area contributed by atoms with Crippen LogP contribution in [0.5, 0.6) is 0 Å². The zero-order valence-electron chi connectivity index (χ0n) is 12.7. The topological polar surface area (TPSA) is 53.8 Å². The molecule has 0 radical (unpaired) electrons. The first-order chi connectivity index (χ1) is 11.4. The highest BCUT2D eigenvalue weighted by Gasteiger charge is 2.30. The van der Waals surface area contributed by atoms with Gasteiger partial charge in [-0.1, -0.05) is 12.1 Å². The first-order valence-corrected chi connectivity index (χ1v) is 8.71. The standard InChI is InChI=1S/C16H14F3N3OS/c1-2-24(23)10-22-15-7-12(8-20-14(15)9-21-22)11-4-3-5-13(6-11)16(17,18)19/h3-9H,2,10H2,1H3. The summed E-state index contributed by atoms with van der Waals surface area (Å²) >= 11 is -1.06. The van der Waals surface area contributed by atoms with Crippen molar-refractivity contribution >= 4 is 22.2 Å². The molecular weight excluding hydrogens is 339 g/mol. The number of pyridine rings is 1. The summed E-state index contributed by atoms with van der Waals surface area (Å²) in [6.07, 6.45) is -1.33. The van der Waals surface area contributed by atoms with Gasteiger partial charge in [0.25, 0.3) is 0 Å². The monoisotopic (exact) mass is 353 g/mol. The lowest BCUT2D eigenvalue weighted by atomic mass is 10.0. The number of rotatable bonds is 4. The van der Waals surface area contributed by atoms with Gasteiger partial charge in [-0.3, -0.25) is 4.98 Å². The maximum Gasteiger partial charge on any atom is 0.416 e. The van der Waals surface area contributed by atoms with Gasteiger partial charge >= 0.3 is 6.18 Å². The minimum absolute atomic E-state index is 0.230. The van der Waals surface area contributed by atoms with Crippen molar-refractivity contribution in [3.05, 3.63) is 48.3 Å². The van der Waals surface area contributed by atoms with Crippen LogP contribution in [0.25, 0.3) is 22.2 Å². The van der Waals surface area contributed by atoms with Crippen LogP contribution in [0, 0.1) is 0 Å². The molecular formula is C16H14F3N3OS. The van der Waals surface area contributed by atoms with Gasteiger partial charge in [-0.25, -0.2) is 4.68 Å². The summed E-state index contributed by atoms with van der Waals surface area (Å²) in [5.74, 6) is 0.732. The van der Waals surface area contributed by atoms with Gasteiger partial charge in [0.1, 0.15) is 11.3 Å². The van der Waals surface area contributed by atoms with Crippen molar-refractivity contribution in [2.75, 3.05) is 5.75 Å². The fourth-order valence-electron chi connectivity index (χ4n) is 2.32. The number of hydrogen-bond acceptors (Lipinski definition) is 3. The Morgan fingerprint density at radius 3 is 2.67 bits per heavy atom. The fourth-order valence-corrected chi connectivity index (χ4v) is 2.98. The molecule has 3 aromatic rings. The second kappa shape index (κ2) is 6.45. The average Bonchev–Trinajstić information content (AvgIpc) is 2.96. The number of benzene rings is 1. The Balaban J connectivity index is 2.03. The Hall–Kier alpha value is -2.06. The minimum atomic E-state index is -4.40. The van der Waals surface area contributed by atoms with Crippen molar-refractivity contribution < 1.29 is 17.7 Å². The summed E-state index contributed by atoms with van der Waals surface area (Å²) in [6, 6.07) is 6.81. The summed E-state index contributed by atoms with van der Waals surface area (Å²) in [4.78, 5) is 4.24. The van der Waals surface area contributed by atoms with E-state index >= 15 is 0 Å². The van der Waals surface area contributed by atoms with Gasteiger partial charge < -0.3 is 4.55 Å². The molecule has 2 heterocycles. The second-order valence-electron chi connectivity index (χ2n) is 5.21. The van der Waals surface area contributed by atoms with Crippen LogP contribution in [0.4, 0.5) is 13.2 Å². The van der Waals surface area contributed by atoms with E-state index in [0.29, 0.717) is 27.9 Å². The molecule has 1 unspecified atom stereocenters. The summed E-state index contributed by atoms with van der Waals surface area (Å²) in [5, 5.41) is 4.16. The number of halogens is 3. The molecule has 126 valence electrons. The van der Waals surface area contributed by atoms with E-state index in [1.807, 2.05) is 6.92 Å². The molecule has 24 heavy (non-hydrogen) atoms. The van der Waals surface area contributed by atoms with Gasteiger partial charge in [-0.05, 0) is 41.9 Å². The Labute approximate surface area is 139 Å². The summed E-state index contributed by atoms with van der Waals surface area (Å²) < 4.78 is 51.9. The van der Waals surface area contributed by atoms with E-state index in [9.17, 15) is 17.7 Å². The predicted molar refractivity (Wildman–Crippen MR) is 86.6 cm³/mol. The SMILES string of the molecule is CC[S+]([O-])Cn1ncc2ncc(-c3cccc(C(F)(F)F)c3)cc21. The third-order valence-corrected chi connectivity index (χ3v) is 4.78. The van der Waals surface area contributed by atoms with Crippen molar-refractivity contribution in [1.82, 2.24) is 14.8 Å². The molecule has 8 heteroatoms. The van der Waals surface area contributed by atoms with Crippen molar-refractivity contribution in [1.29, 1.82) is 0 Å². The van der Waals surface area contributed by atoms with E-state index in [1.54, 1.807) is 23.0 Å². The number of nitrogens with zero attached hydrogens (tertiary/aromatic N) is 3. The fraction of sp³-hybridized carbons (Fsp3) is 0.250. The van der Waals surface area contributed by atoms with Crippen LogP contribution >= 0.6 is 0 Å². The summed E-state index contributed by atoms with van der Waals surface area (Å²) in [5.41, 5.74) is 1.52. The number of hydrogen-bond donors (Lipinski definition) is 0. The molecule has 1 aromatic carbocycles. The van der Waals surface area contributed by atoms with E-state index in [0.717, 1.165) is 12.1 Å². The van der Waals surface area contributed by atoms with Crippen LogP contribution in [0.1, 0.15) is 12.5 Å². The number of fused-ring (bicyclic) bond motifs is 1. The largest absolute Gasteiger partial charge is 0.615 e. The Kier molecular flexibility index (Phi) is 4.51. The highest BCUT2D eigenvalue weighted by atomic mass is 32.2. The molecule has 0 spiro atoms. The van der Waals surface area contributed by atoms with E-state index in [1.165, 1.54) is 12.3 Å². The van der Waals surface area contributed by atoms with Crippen LogP contribution in [-0.4, -0.2) is 25.1 Å². The molecule has 0 N–H and O–H groups in total. The summed E-state index contributed by atoms with van der Waals surface area (Å²) in [7, 11) is 0. The van der Waals surface area contributed by atoms with Crippen molar-refractivity contribution in [3.63, 3.8) is 0 Å². The van der Waals surface area contributed by atoms with Gasteiger partial charge in [0, 0.05) is 11.8 Å². The molecule has 0 bridgehead atoms. The highest BCUT2D eigenvalue weighted by molar-refractivity contribution is 7.90. The maximum absolute atomic E-state index is 12.9. The third-order valence-electron chi connectivity index (χ3n) is 3.61. The van der Waals surface area contributed by atoms with Gasteiger partial charge in [-0.2, -0.15) is 18.3 Å². The van der Waals surface area contributed by atoms with E-state index in [-0.39, 0.29) is 5.88 Å². The minimum Gasteiger partial charge on any atom is -0.615 e. The Morgan fingerprint density at radius 2 is 1.96 bits per heavy atom.